The minimum absolute atomic E-state index is 0.0424. The summed E-state index contributed by atoms with van der Waals surface area (Å²) in [4.78, 5) is 14.8. The zero-order valence-corrected chi connectivity index (χ0v) is 14.2. The molecule has 1 aromatic carbocycles. The summed E-state index contributed by atoms with van der Waals surface area (Å²) in [6.07, 6.45) is -0.910. The predicted molar refractivity (Wildman–Crippen MR) is 87.3 cm³/mol. The molecule has 1 aromatic rings. The normalized spacial score (nSPS) is 25.5. The first kappa shape index (κ1) is 18.2. The molecule has 2 nitrogen and oxygen atoms in total. The fraction of sp³-hybridized carbons (Fsp3) is 0.632. The number of carbonyl (C=O) groups excluding carboxylic acids is 1. The average molecular weight is 357 g/mol. The minimum Gasteiger partial charge on any atom is -0.333 e. The van der Waals surface area contributed by atoms with E-state index in [1.54, 1.807) is 0 Å². The van der Waals surface area contributed by atoms with Gasteiger partial charge in [0.25, 0.3) is 5.91 Å². The maximum atomic E-state index is 13.4. The fourth-order valence-electron chi connectivity index (χ4n) is 3.55. The third kappa shape index (κ3) is 4.15. The third-order valence-electron chi connectivity index (χ3n) is 5.34. The Labute approximate surface area is 145 Å². The van der Waals surface area contributed by atoms with Gasteiger partial charge in [-0.2, -0.15) is 13.2 Å². The van der Waals surface area contributed by atoms with Crippen molar-refractivity contribution >= 4 is 5.91 Å². The standard InChI is InChI=1S/C19H23F4NO/c1-12(19(21,22)23)13-2-4-14(5-3-13)18(25)24(17-10-11-17)16-8-6-15(20)7-9-16/h2-5,12,15-17H,6-11H2,1H3. The molecule has 138 valence electrons. The Kier molecular flexibility index (Phi) is 5.07. The van der Waals surface area contributed by atoms with Gasteiger partial charge in [-0.15, -0.1) is 0 Å². The molecule has 2 saturated carbocycles. The largest absolute Gasteiger partial charge is 0.395 e. The summed E-state index contributed by atoms with van der Waals surface area (Å²) < 4.78 is 51.8. The number of benzene rings is 1. The molecule has 0 aromatic heterocycles. The maximum absolute atomic E-state index is 13.4. The Hall–Kier alpha value is -1.59. The molecule has 0 bridgehead atoms. The first-order valence-electron chi connectivity index (χ1n) is 8.90. The molecule has 6 heteroatoms. The van der Waals surface area contributed by atoms with Crippen LogP contribution in [0.4, 0.5) is 17.6 Å². The van der Waals surface area contributed by atoms with Gasteiger partial charge in [0, 0.05) is 17.6 Å². The predicted octanol–water partition coefficient (Wildman–Crippen LogP) is 5.24. The van der Waals surface area contributed by atoms with E-state index >= 15 is 0 Å². The Morgan fingerprint density at radius 2 is 1.48 bits per heavy atom. The van der Waals surface area contributed by atoms with Crippen LogP contribution in [-0.2, 0) is 0 Å². The van der Waals surface area contributed by atoms with Crippen molar-refractivity contribution in [1.29, 1.82) is 0 Å². The van der Waals surface area contributed by atoms with Crippen molar-refractivity contribution in [2.75, 3.05) is 0 Å². The van der Waals surface area contributed by atoms with E-state index in [-0.39, 0.29) is 23.6 Å². The highest BCUT2D eigenvalue weighted by Gasteiger charge is 2.40. The Morgan fingerprint density at radius 1 is 1.00 bits per heavy atom. The quantitative estimate of drug-likeness (QED) is 0.675. The van der Waals surface area contributed by atoms with E-state index in [4.69, 9.17) is 0 Å². The Bertz CT molecular complexity index is 601. The lowest BCUT2D eigenvalue weighted by Gasteiger charge is -2.35. The van der Waals surface area contributed by atoms with E-state index < -0.39 is 18.3 Å². The first-order valence-corrected chi connectivity index (χ1v) is 8.90. The van der Waals surface area contributed by atoms with Gasteiger partial charge < -0.3 is 4.90 Å². The van der Waals surface area contributed by atoms with Crippen molar-refractivity contribution in [2.45, 2.75) is 75.8 Å². The lowest BCUT2D eigenvalue weighted by atomic mass is 9.92. The Morgan fingerprint density at radius 3 is 1.92 bits per heavy atom. The molecule has 0 spiro atoms. The van der Waals surface area contributed by atoms with Crippen LogP contribution in [0.25, 0.3) is 0 Å². The second kappa shape index (κ2) is 6.96. The van der Waals surface area contributed by atoms with Gasteiger partial charge in [-0.1, -0.05) is 12.1 Å². The van der Waals surface area contributed by atoms with Crippen molar-refractivity contribution in [2.24, 2.45) is 0 Å². The van der Waals surface area contributed by atoms with Crippen molar-refractivity contribution < 1.29 is 22.4 Å². The van der Waals surface area contributed by atoms with Gasteiger partial charge in [0.1, 0.15) is 6.17 Å². The van der Waals surface area contributed by atoms with Crippen LogP contribution in [-0.4, -0.2) is 35.2 Å². The molecular formula is C19H23F4NO. The number of halogens is 4. The molecule has 1 unspecified atom stereocenters. The molecule has 1 atom stereocenters. The van der Waals surface area contributed by atoms with E-state index in [0.29, 0.717) is 31.2 Å². The van der Waals surface area contributed by atoms with Crippen LogP contribution in [0.3, 0.4) is 0 Å². The SMILES string of the molecule is CC(c1ccc(C(=O)N(C2CCC(F)CC2)C2CC2)cc1)C(F)(F)F. The molecule has 0 saturated heterocycles. The number of hydrogen-bond donors (Lipinski definition) is 0. The lowest BCUT2D eigenvalue weighted by Crippen LogP contribution is -2.44. The molecule has 2 aliphatic rings. The topological polar surface area (TPSA) is 20.3 Å². The smallest absolute Gasteiger partial charge is 0.333 e. The van der Waals surface area contributed by atoms with Gasteiger partial charge in [-0.25, -0.2) is 4.39 Å². The lowest BCUT2D eigenvalue weighted by molar-refractivity contribution is -0.146. The number of amides is 1. The van der Waals surface area contributed by atoms with E-state index in [0.717, 1.165) is 19.8 Å². The summed E-state index contributed by atoms with van der Waals surface area (Å²) in [5, 5.41) is 0. The molecule has 3 rings (SSSR count). The second-order valence-corrected chi connectivity index (χ2v) is 7.23. The summed E-state index contributed by atoms with van der Waals surface area (Å²) in [5.41, 5.74) is 0.562. The fourth-order valence-corrected chi connectivity index (χ4v) is 3.55. The van der Waals surface area contributed by atoms with Gasteiger partial charge >= 0.3 is 6.18 Å². The minimum atomic E-state index is -4.30. The molecule has 0 heterocycles. The molecule has 25 heavy (non-hydrogen) atoms. The van der Waals surface area contributed by atoms with E-state index in [9.17, 15) is 22.4 Å². The number of nitrogens with zero attached hydrogens (tertiary/aromatic N) is 1. The summed E-state index contributed by atoms with van der Waals surface area (Å²) >= 11 is 0. The van der Waals surface area contributed by atoms with Crippen LogP contribution in [0.15, 0.2) is 24.3 Å². The zero-order chi connectivity index (χ0) is 18.2. The molecule has 0 N–H and O–H groups in total. The van der Waals surface area contributed by atoms with Crippen LogP contribution in [0.5, 0.6) is 0 Å². The highest BCUT2D eigenvalue weighted by molar-refractivity contribution is 5.95. The van der Waals surface area contributed by atoms with E-state index in [2.05, 4.69) is 0 Å². The summed E-state index contributed by atoms with van der Waals surface area (Å²) in [6, 6.07) is 5.97. The monoisotopic (exact) mass is 357 g/mol. The zero-order valence-electron chi connectivity index (χ0n) is 14.2. The van der Waals surface area contributed by atoms with E-state index in [1.807, 2.05) is 4.90 Å². The molecule has 0 radical (unpaired) electrons. The van der Waals surface area contributed by atoms with Crippen molar-refractivity contribution in [3.8, 4) is 0 Å². The van der Waals surface area contributed by atoms with Gasteiger partial charge in [0.15, 0.2) is 0 Å². The molecular weight excluding hydrogens is 334 g/mol. The molecule has 1 amide bonds. The van der Waals surface area contributed by atoms with Crippen LogP contribution >= 0.6 is 0 Å². The molecule has 0 aliphatic heterocycles. The Balaban J connectivity index is 1.74. The third-order valence-corrected chi connectivity index (χ3v) is 5.34. The summed E-state index contributed by atoms with van der Waals surface area (Å²) in [5.74, 6) is -1.70. The number of carbonyl (C=O) groups is 1. The first-order chi connectivity index (χ1) is 11.8. The molecule has 2 aliphatic carbocycles. The summed E-state index contributed by atoms with van der Waals surface area (Å²) in [6.45, 7) is 1.11. The van der Waals surface area contributed by atoms with Gasteiger partial charge in [0.05, 0.1) is 5.92 Å². The van der Waals surface area contributed by atoms with Gasteiger partial charge in [-0.3, -0.25) is 4.79 Å². The number of alkyl halides is 4. The highest BCUT2D eigenvalue weighted by Crippen LogP contribution is 2.37. The molecule has 2 fully saturated rings. The van der Waals surface area contributed by atoms with Crippen LogP contribution in [0, 0.1) is 0 Å². The van der Waals surface area contributed by atoms with Gasteiger partial charge in [-0.05, 0) is 63.1 Å². The van der Waals surface area contributed by atoms with Crippen molar-refractivity contribution in [3.05, 3.63) is 35.4 Å². The summed E-state index contributed by atoms with van der Waals surface area (Å²) in [7, 11) is 0. The van der Waals surface area contributed by atoms with E-state index in [1.165, 1.54) is 24.3 Å². The average Bonchev–Trinajstić information content (AvgIpc) is 3.40. The van der Waals surface area contributed by atoms with Crippen LogP contribution < -0.4 is 0 Å². The van der Waals surface area contributed by atoms with Crippen molar-refractivity contribution in [1.82, 2.24) is 4.90 Å². The van der Waals surface area contributed by atoms with Crippen LogP contribution in [0.2, 0.25) is 0 Å². The number of rotatable bonds is 4. The van der Waals surface area contributed by atoms with Crippen LogP contribution in [0.1, 0.15) is 67.3 Å². The number of hydrogen-bond acceptors (Lipinski definition) is 1. The van der Waals surface area contributed by atoms with Crippen molar-refractivity contribution in [3.63, 3.8) is 0 Å². The maximum Gasteiger partial charge on any atom is 0.395 e. The second-order valence-electron chi connectivity index (χ2n) is 7.23. The highest BCUT2D eigenvalue weighted by atomic mass is 19.4. The van der Waals surface area contributed by atoms with Gasteiger partial charge in [0.2, 0.25) is 0 Å².